The van der Waals surface area contributed by atoms with Gasteiger partial charge in [-0.15, -0.1) is 0 Å². The molecule has 0 aliphatic heterocycles. The van der Waals surface area contributed by atoms with Crippen molar-refractivity contribution in [3.63, 3.8) is 0 Å². The molecule has 0 spiro atoms. The fourth-order valence-electron chi connectivity index (χ4n) is 3.49. The van der Waals surface area contributed by atoms with Crippen LogP contribution in [0.2, 0.25) is 0 Å². The molecule has 0 aliphatic carbocycles. The van der Waals surface area contributed by atoms with Crippen LogP contribution < -0.4 is 20.3 Å². The van der Waals surface area contributed by atoms with Gasteiger partial charge in [-0.1, -0.05) is 26.0 Å². The van der Waals surface area contributed by atoms with E-state index < -0.39 is 25.2 Å². The molecule has 2 amide bonds. The van der Waals surface area contributed by atoms with Crippen molar-refractivity contribution in [1.29, 1.82) is 0 Å². The monoisotopic (exact) mass is 515 g/mol. The Bertz CT molecular complexity index is 949. The number of rotatable bonds is 14. The molecule has 12 heteroatoms. The first-order valence-electron chi connectivity index (χ1n) is 11.2. The van der Waals surface area contributed by atoms with Crippen molar-refractivity contribution in [3.8, 4) is 5.75 Å². The first kappa shape index (κ1) is 30.7. The lowest BCUT2D eigenvalue weighted by Crippen LogP contribution is -2.40. The van der Waals surface area contributed by atoms with Gasteiger partial charge in [0.25, 0.3) is 7.82 Å². The highest BCUT2D eigenvalue weighted by Gasteiger charge is 2.31. The minimum Gasteiger partial charge on any atom is -0.756 e. The number of hydrogen-bond donors (Lipinski definition) is 2. The normalized spacial score (nSPS) is 14.1. The Morgan fingerprint density at radius 3 is 2.34 bits per heavy atom. The van der Waals surface area contributed by atoms with Crippen LogP contribution in [-0.2, 0) is 38.1 Å². The molecular formula is C23H36N2O9P-. The molecule has 11 nitrogen and oxygen atoms in total. The van der Waals surface area contributed by atoms with Crippen molar-refractivity contribution >= 4 is 25.6 Å². The number of aryl methyl sites for hydroxylation is 2. The molecule has 35 heavy (non-hydrogen) atoms. The number of amides is 2. The Morgan fingerprint density at radius 2 is 1.74 bits per heavy atom. The van der Waals surface area contributed by atoms with Gasteiger partial charge in [0.15, 0.2) is 0 Å². The highest BCUT2D eigenvalue weighted by atomic mass is 31.2. The van der Waals surface area contributed by atoms with Crippen molar-refractivity contribution in [2.75, 3.05) is 33.5 Å². The number of carbonyl (C=O) groups is 3. The number of hydrogen-bond acceptors (Lipinski definition) is 9. The molecule has 1 aromatic carbocycles. The summed E-state index contributed by atoms with van der Waals surface area (Å²) < 4.78 is 30.7. The summed E-state index contributed by atoms with van der Waals surface area (Å²) in [5.74, 6) is -0.803. The zero-order valence-corrected chi connectivity index (χ0v) is 22.3. The van der Waals surface area contributed by atoms with E-state index in [-0.39, 0.29) is 44.6 Å². The zero-order chi connectivity index (χ0) is 26.8. The van der Waals surface area contributed by atoms with Gasteiger partial charge >= 0.3 is 5.97 Å². The van der Waals surface area contributed by atoms with E-state index in [4.69, 9.17) is 9.47 Å². The van der Waals surface area contributed by atoms with Gasteiger partial charge in [0, 0.05) is 38.0 Å². The summed E-state index contributed by atoms with van der Waals surface area (Å²) in [4.78, 5) is 47.5. The Balaban J connectivity index is 2.75. The van der Waals surface area contributed by atoms with E-state index in [2.05, 4.69) is 19.7 Å². The Labute approximate surface area is 206 Å². The van der Waals surface area contributed by atoms with Gasteiger partial charge in [-0.05, 0) is 31.9 Å². The second kappa shape index (κ2) is 13.7. The summed E-state index contributed by atoms with van der Waals surface area (Å²) in [6, 6.07) is 2.91. The molecule has 0 saturated carbocycles. The largest absolute Gasteiger partial charge is 0.756 e. The minimum atomic E-state index is -4.28. The summed E-state index contributed by atoms with van der Waals surface area (Å²) >= 11 is 0. The summed E-state index contributed by atoms with van der Waals surface area (Å²) in [5, 5.41) is 5.27. The van der Waals surface area contributed by atoms with Crippen LogP contribution in [0.3, 0.4) is 0 Å². The number of ether oxygens (including phenoxy) is 2. The van der Waals surface area contributed by atoms with Crippen LogP contribution in [0, 0.1) is 13.8 Å². The lowest BCUT2D eigenvalue weighted by molar-refractivity contribution is -0.223. The highest BCUT2D eigenvalue weighted by Crippen LogP contribution is 2.39. The molecule has 0 aliphatic rings. The minimum absolute atomic E-state index is 0.0189. The third-order valence-corrected chi connectivity index (χ3v) is 6.03. The lowest BCUT2D eigenvalue weighted by Gasteiger charge is -2.30. The van der Waals surface area contributed by atoms with Gasteiger partial charge in [-0.2, -0.15) is 0 Å². The molecule has 0 fully saturated rings. The van der Waals surface area contributed by atoms with Crippen LogP contribution in [-0.4, -0.2) is 57.3 Å². The summed E-state index contributed by atoms with van der Waals surface area (Å²) in [5.41, 5.74) is 1.63. The van der Waals surface area contributed by atoms with Crippen molar-refractivity contribution in [1.82, 2.24) is 10.6 Å². The predicted octanol–water partition coefficient (Wildman–Crippen LogP) is 1.67. The summed E-state index contributed by atoms with van der Waals surface area (Å²) in [6.45, 7) is 10.5. The Hall–Kier alpha value is -2.30. The van der Waals surface area contributed by atoms with E-state index >= 15 is 0 Å². The highest BCUT2D eigenvalue weighted by molar-refractivity contribution is 7.45. The maximum atomic E-state index is 12.6. The third-order valence-electron chi connectivity index (χ3n) is 5.09. The molecule has 0 saturated heterocycles. The first-order valence-corrected chi connectivity index (χ1v) is 12.6. The quantitative estimate of drug-likeness (QED) is 0.163. The van der Waals surface area contributed by atoms with E-state index in [0.29, 0.717) is 5.75 Å². The second-order valence-corrected chi connectivity index (χ2v) is 10.3. The predicted molar refractivity (Wildman–Crippen MR) is 127 cm³/mol. The summed E-state index contributed by atoms with van der Waals surface area (Å²) in [7, 11) is -3.28. The standard InChI is InChI=1S/C23H37N2O9P/c1-15-8-9-16(2)21(34-22(28)17(3)25-18(4)26)20(15)23(5,6)14-19(27)24-10-11-32-12-13-33-35(29,30)31-7/h8-9,17H,10-14H2,1-7H3,(H,24,27)(H,25,26)(H,29,30)/p-1. The molecule has 0 radical (unpaired) electrons. The SMILES string of the molecule is COP(=O)([O-])OCCOCCNC(=O)CC(C)(C)c1c(C)ccc(C)c1OC(=O)C(C)NC(C)=O. The van der Waals surface area contributed by atoms with Gasteiger partial charge in [0.1, 0.15) is 11.8 Å². The number of phosphoric acid groups is 1. The van der Waals surface area contributed by atoms with Crippen LogP contribution in [0.1, 0.15) is 50.8 Å². The fraction of sp³-hybridized carbons (Fsp3) is 0.609. The molecule has 198 valence electrons. The molecule has 0 heterocycles. The number of phosphoric ester groups is 1. The number of nitrogens with one attached hydrogen (secondary N) is 2. The molecule has 2 unspecified atom stereocenters. The number of carbonyl (C=O) groups excluding carboxylic acids is 3. The maximum absolute atomic E-state index is 12.6. The fourth-order valence-corrected chi connectivity index (χ4v) is 3.89. The van der Waals surface area contributed by atoms with Crippen molar-refractivity contribution < 1.29 is 42.4 Å². The van der Waals surface area contributed by atoms with Gasteiger partial charge in [-0.25, -0.2) is 4.79 Å². The average Bonchev–Trinajstić information content (AvgIpc) is 2.74. The van der Waals surface area contributed by atoms with E-state index in [9.17, 15) is 23.8 Å². The van der Waals surface area contributed by atoms with Crippen molar-refractivity contribution in [2.45, 2.75) is 59.4 Å². The zero-order valence-electron chi connectivity index (χ0n) is 21.4. The lowest BCUT2D eigenvalue weighted by atomic mass is 9.77. The van der Waals surface area contributed by atoms with Gasteiger partial charge in [0.2, 0.25) is 11.8 Å². The maximum Gasteiger partial charge on any atom is 0.333 e. The molecule has 2 N–H and O–H groups in total. The molecule has 0 bridgehead atoms. The molecular weight excluding hydrogens is 479 g/mol. The molecule has 2 atom stereocenters. The van der Waals surface area contributed by atoms with Gasteiger partial charge < -0.3 is 34.0 Å². The van der Waals surface area contributed by atoms with Crippen molar-refractivity contribution in [2.24, 2.45) is 0 Å². The number of benzene rings is 1. The van der Waals surface area contributed by atoms with Crippen LogP contribution in [0.25, 0.3) is 0 Å². The van der Waals surface area contributed by atoms with E-state index in [1.807, 2.05) is 39.8 Å². The van der Waals surface area contributed by atoms with Gasteiger partial charge in [-0.3, -0.25) is 14.2 Å². The molecule has 1 aromatic rings. The Morgan fingerprint density at radius 1 is 1.11 bits per heavy atom. The topological polar surface area (TPSA) is 152 Å². The van der Waals surface area contributed by atoms with Gasteiger partial charge in [0.05, 0.1) is 19.8 Å². The van der Waals surface area contributed by atoms with Crippen molar-refractivity contribution in [3.05, 3.63) is 28.8 Å². The smallest absolute Gasteiger partial charge is 0.333 e. The van der Waals surface area contributed by atoms with Crippen LogP contribution in [0.4, 0.5) is 0 Å². The Kier molecular flexibility index (Phi) is 12.0. The molecule has 1 rings (SSSR count). The number of esters is 1. The van der Waals surface area contributed by atoms with Crippen LogP contribution >= 0.6 is 7.82 Å². The first-order chi connectivity index (χ1) is 16.2. The molecule has 0 aromatic heterocycles. The summed E-state index contributed by atoms with van der Waals surface area (Å²) in [6.07, 6.45) is 0.111. The van der Waals surface area contributed by atoms with E-state index in [1.165, 1.54) is 13.8 Å². The van der Waals surface area contributed by atoms with E-state index in [1.54, 1.807) is 0 Å². The van der Waals surface area contributed by atoms with Crippen LogP contribution in [0.15, 0.2) is 12.1 Å². The van der Waals surface area contributed by atoms with E-state index in [0.717, 1.165) is 23.8 Å². The average molecular weight is 516 g/mol. The second-order valence-electron chi connectivity index (χ2n) is 8.73. The van der Waals surface area contributed by atoms with Crippen LogP contribution in [0.5, 0.6) is 5.75 Å². The third kappa shape index (κ3) is 10.5.